The first kappa shape index (κ1) is 23.8. The van der Waals surface area contributed by atoms with Crippen molar-refractivity contribution in [2.24, 2.45) is 0 Å². The van der Waals surface area contributed by atoms with E-state index in [0.29, 0.717) is 12.1 Å². The highest BCUT2D eigenvalue weighted by Crippen LogP contribution is 2.29. The van der Waals surface area contributed by atoms with Crippen molar-refractivity contribution >= 4 is 69.7 Å². The maximum absolute atomic E-state index is 12.1. The summed E-state index contributed by atoms with van der Waals surface area (Å²) in [6, 6.07) is 5.96. The molecule has 0 aliphatic heterocycles. The Morgan fingerprint density at radius 3 is 2.26 bits per heavy atom. The number of rotatable bonds is 9. The summed E-state index contributed by atoms with van der Waals surface area (Å²) in [5, 5.41) is 17.2. The first-order chi connectivity index (χ1) is 12.6. The Bertz CT molecular complexity index is 651. The van der Waals surface area contributed by atoms with Crippen LogP contribution in [0.5, 0.6) is 0 Å². The second kappa shape index (κ2) is 11.5. The van der Waals surface area contributed by atoms with Gasteiger partial charge in [-0.1, -0.05) is 61.0 Å². The number of halogens is 3. The van der Waals surface area contributed by atoms with Gasteiger partial charge >= 0.3 is 5.97 Å². The molecule has 1 atom stereocenters. The largest absolute Gasteiger partial charge is 0.478 e. The van der Waals surface area contributed by atoms with E-state index >= 15 is 0 Å². The summed E-state index contributed by atoms with van der Waals surface area (Å²) in [5.74, 6) is -1.27. The fourth-order valence-electron chi connectivity index (χ4n) is 2.14. The van der Waals surface area contributed by atoms with Gasteiger partial charge in [-0.25, -0.2) is 4.79 Å². The Balaban J connectivity index is 2.61. The van der Waals surface area contributed by atoms with Crippen LogP contribution in [0.1, 0.15) is 49.4 Å². The summed E-state index contributed by atoms with van der Waals surface area (Å²) >= 11 is 23.0. The number of hydrogen-bond donors (Lipinski definition) is 4. The summed E-state index contributed by atoms with van der Waals surface area (Å²) in [4.78, 5) is 22.9. The summed E-state index contributed by atoms with van der Waals surface area (Å²) < 4.78 is -1.82. The third-order valence-electron chi connectivity index (χ3n) is 3.56. The number of anilines is 1. The Kier molecular flexibility index (Phi) is 10.2. The summed E-state index contributed by atoms with van der Waals surface area (Å²) in [7, 11) is 0. The molecule has 1 rings (SSSR count). The van der Waals surface area contributed by atoms with E-state index in [2.05, 4.69) is 22.9 Å². The molecule has 0 heterocycles. The second-order valence-corrected chi connectivity index (χ2v) is 8.61. The van der Waals surface area contributed by atoms with Crippen molar-refractivity contribution in [2.45, 2.75) is 49.0 Å². The monoisotopic (exact) mass is 453 g/mol. The molecule has 27 heavy (non-hydrogen) atoms. The van der Waals surface area contributed by atoms with Crippen LogP contribution >= 0.6 is 47.0 Å². The third kappa shape index (κ3) is 9.46. The number of alkyl halides is 3. The van der Waals surface area contributed by atoms with Crippen molar-refractivity contribution in [2.75, 3.05) is 5.32 Å². The van der Waals surface area contributed by atoms with Crippen LogP contribution in [0.4, 0.5) is 5.69 Å². The maximum Gasteiger partial charge on any atom is 0.335 e. The number of nitrogens with one attached hydrogen (secondary N) is 3. The number of carbonyl (C=O) groups excluding carboxylic acids is 1. The molecular weight excluding hydrogens is 433 g/mol. The van der Waals surface area contributed by atoms with Crippen LogP contribution in [0, 0.1) is 0 Å². The lowest BCUT2D eigenvalue weighted by Crippen LogP contribution is -2.56. The van der Waals surface area contributed by atoms with Gasteiger partial charge in [-0.15, -0.1) is 0 Å². The van der Waals surface area contributed by atoms with E-state index in [9.17, 15) is 9.59 Å². The number of carbonyl (C=O) groups is 2. The molecule has 0 spiro atoms. The van der Waals surface area contributed by atoms with E-state index < -0.39 is 15.9 Å². The van der Waals surface area contributed by atoms with E-state index in [0.717, 1.165) is 25.7 Å². The SMILES string of the molecule is CCCCCCC(=O)N[C@H](NC(=S)Nc1ccc(C(=O)O)cc1)C(Cl)(Cl)Cl. The summed E-state index contributed by atoms with van der Waals surface area (Å²) in [5.41, 5.74) is 0.695. The minimum absolute atomic E-state index is 0.112. The van der Waals surface area contributed by atoms with Crippen LogP contribution < -0.4 is 16.0 Å². The molecule has 150 valence electrons. The molecule has 0 unspecified atom stereocenters. The number of unbranched alkanes of at least 4 members (excludes halogenated alkanes) is 3. The van der Waals surface area contributed by atoms with Crippen molar-refractivity contribution in [1.29, 1.82) is 0 Å². The maximum atomic E-state index is 12.1. The quantitative estimate of drug-likeness (QED) is 0.191. The zero-order valence-corrected chi connectivity index (χ0v) is 17.8. The molecule has 0 aromatic heterocycles. The first-order valence-corrected chi connectivity index (χ1v) is 9.94. The van der Waals surface area contributed by atoms with Crippen molar-refractivity contribution < 1.29 is 14.7 Å². The van der Waals surface area contributed by atoms with Gasteiger partial charge in [0.2, 0.25) is 9.70 Å². The topological polar surface area (TPSA) is 90.5 Å². The minimum atomic E-state index is -1.82. The van der Waals surface area contributed by atoms with Crippen LogP contribution in [0.3, 0.4) is 0 Å². The Morgan fingerprint density at radius 2 is 1.74 bits per heavy atom. The van der Waals surface area contributed by atoms with Gasteiger partial charge in [0.15, 0.2) is 5.11 Å². The van der Waals surface area contributed by atoms with Gasteiger partial charge in [0, 0.05) is 12.1 Å². The summed E-state index contributed by atoms with van der Waals surface area (Å²) in [6.45, 7) is 2.09. The van der Waals surface area contributed by atoms with Gasteiger partial charge in [-0.3, -0.25) is 4.79 Å². The Morgan fingerprint density at radius 1 is 1.11 bits per heavy atom. The molecule has 0 fully saturated rings. The lowest BCUT2D eigenvalue weighted by atomic mass is 10.1. The average Bonchev–Trinajstić information content (AvgIpc) is 2.58. The number of benzene rings is 1. The van der Waals surface area contributed by atoms with E-state index in [1.807, 2.05) is 0 Å². The van der Waals surface area contributed by atoms with Crippen LogP contribution in [0.25, 0.3) is 0 Å². The van der Waals surface area contributed by atoms with E-state index in [-0.39, 0.29) is 16.6 Å². The van der Waals surface area contributed by atoms with Gasteiger partial charge in [0.05, 0.1) is 5.56 Å². The number of thiocarbonyl (C=S) groups is 1. The van der Waals surface area contributed by atoms with Crippen LogP contribution in [0.15, 0.2) is 24.3 Å². The highest BCUT2D eigenvalue weighted by Gasteiger charge is 2.34. The van der Waals surface area contributed by atoms with Gasteiger partial charge in [0.1, 0.15) is 6.17 Å². The van der Waals surface area contributed by atoms with E-state index in [4.69, 9.17) is 52.1 Å². The van der Waals surface area contributed by atoms with E-state index in [1.165, 1.54) is 12.1 Å². The fourth-order valence-corrected chi connectivity index (χ4v) is 2.70. The molecule has 10 heteroatoms. The van der Waals surface area contributed by atoms with Gasteiger partial charge in [-0.05, 0) is 42.9 Å². The summed E-state index contributed by atoms with van der Waals surface area (Å²) in [6.07, 6.45) is 3.16. The molecular formula is C17H22Cl3N3O3S. The number of amides is 1. The van der Waals surface area contributed by atoms with Gasteiger partial charge in [-0.2, -0.15) is 0 Å². The zero-order chi connectivity index (χ0) is 20.4. The molecule has 0 saturated heterocycles. The van der Waals surface area contributed by atoms with Crippen molar-refractivity contribution in [3.8, 4) is 0 Å². The van der Waals surface area contributed by atoms with Gasteiger partial charge in [0.25, 0.3) is 0 Å². The van der Waals surface area contributed by atoms with Crippen LogP contribution in [-0.2, 0) is 4.79 Å². The predicted molar refractivity (Wildman–Crippen MR) is 114 cm³/mol. The Labute approximate surface area is 178 Å². The number of hydrogen-bond acceptors (Lipinski definition) is 3. The van der Waals surface area contributed by atoms with Crippen LogP contribution in [-0.4, -0.2) is 32.1 Å². The second-order valence-electron chi connectivity index (χ2n) is 5.83. The molecule has 1 amide bonds. The van der Waals surface area contributed by atoms with Crippen molar-refractivity contribution in [1.82, 2.24) is 10.6 Å². The zero-order valence-electron chi connectivity index (χ0n) is 14.7. The van der Waals surface area contributed by atoms with Crippen molar-refractivity contribution in [3.05, 3.63) is 29.8 Å². The fraction of sp³-hybridized carbons (Fsp3) is 0.471. The smallest absolute Gasteiger partial charge is 0.335 e. The molecule has 0 saturated carbocycles. The van der Waals surface area contributed by atoms with Crippen LogP contribution in [0.2, 0.25) is 0 Å². The highest BCUT2D eigenvalue weighted by atomic mass is 35.6. The molecule has 0 radical (unpaired) electrons. The number of carboxylic acid groups (broad SMARTS) is 1. The normalized spacial score (nSPS) is 12.1. The number of aromatic carboxylic acids is 1. The lowest BCUT2D eigenvalue weighted by Gasteiger charge is -2.27. The highest BCUT2D eigenvalue weighted by molar-refractivity contribution is 7.80. The number of carboxylic acids is 1. The molecule has 0 aliphatic rings. The standard InChI is InChI=1S/C17H22Cl3N3O3S/c1-2-3-4-5-6-13(24)22-15(17(18,19)20)23-16(27)21-12-9-7-11(8-10-12)14(25)26/h7-10,15H,2-6H2,1H3,(H,22,24)(H,25,26)(H2,21,23,27)/t15-/m1/s1. The Hall–Kier alpha value is -1.28. The van der Waals surface area contributed by atoms with Gasteiger partial charge < -0.3 is 21.1 Å². The average molecular weight is 455 g/mol. The molecule has 6 nitrogen and oxygen atoms in total. The molecule has 0 aliphatic carbocycles. The molecule has 4 N–H and O–H groups in total. The van der Waals surface area contributed by atoms with Crippen molar-refractivity contribution in [3.63, 3.8) is 0 Å². The predicted octanol–water partition coefficient (Wildman–Crippen LogP) is 4.45. The molecule has 1 aromatic carbocycles. The molecule has 1 aromatic rings. The molecule has 0 bridgehead atoms. The van der Waals surface area contributed by atoms with E-state index in [1.54, 1.807) is 12.1 Å². The minimum Gasteiger partial charge on any atom is -0.478 e. The first-order valence-electron chi connectivity index (χ1n) is 8.40. The third-order valence-corrected chi connectivity index (χ3v) is 4.43. The lowest BCUT2D eigenvalue weighted by molar-refractivity contribution is -0.122.